The summed E-state index contributed by atoms with van der Waals surface area (Å²) in [5, 5.41) is 0.725. The molecule has 1 unspecified atom stereocenters. The SMILES string of the molecule is C#C.C/C=C\C.CC.CCOC(=O)CN(C)C(=O)C1CCN(CCOC2=CCCC(Oc3nc(C)c(C)s3)C=C2)CC1. The highest BCUT2D eigenvalue weighted by atomic mass is 32.1. The standard InChI is InChI=1S/C25H37N3O5S.C4H8.C2H6.C2H2/c1-5-31-23(29)17-27(4)24(30)20-11-13-28(14-12-20)15-16-32-21-7-6-8-22(10-9-21)33-25-26-18(2)19(3)34-25;1-3-4-2;2*1-2/h7,9-10,20,22H,5-6,8,11-17H2,1-4H3;3-4H,1-2H3;1-2H3;1-2H/b;4-3-;;. The first kappa shape index (κ1) is 38.9. The fraction of sp³-hybridized carbons (Fsp3) is 0.606. The van der Waals surface area contributed by atoms with Gasteiger partial charge in [-0.3, -0.25) is 14.5 Å². The number of amides is 1. The highest BCUT2D eigenvalue weighted by Gasteiger charge is 2.28. The first-order valence-electron chi connectivity index (χ1n) is 14.9. The predicted molar refractivity (Wildman–Crippen MR) is 174 cm³/mol. The summed E-state index contributed by atoms with van der Waals surface area (Å²) in [4.78, 5) is 33.7. The summed E-state index contributed by atoms with van der Waals surface area (Å²) < 4.78 is 17.0. The van der Waals surface area contributed by atoms with Crippen LogP contribution in [0.4, 0.5) is 0 Å². The van der Waals surface area contributed by atoms with Crippen LogP contribution in [0.1, 0.15) is 70.9 Å². The predicted octanol–water partition coefficient (Wildman–Crippen LogP) is 6.35. The third-order valence-electron chi connectivity index (χ3n) is 6.53. The Balaban J connectivity index is 0.00000190. The smallest absolute Gasteiger partial charge is 0.325 e. The second-order valence-corrected chi connectivity index (χ2v) is 10.6. The number of thiazole rings is 1. The van der Waals surface area contributed by atoms with Gasteiger partial charge >= 0.3 is 5.97 Å². The number of nitrogens with zero attached hydrogens (tertiary/aromatic N) is 3. The van der Waals surface area contributed by atoms with Crippen molar-refractivity contribution in [2.24, 2.45) is 5.92 Å². The summed E-state index contributed by atoms with van der Waals surface area (Å²) in [5.74, 6) is 0.508. The van der Waals surface area contributed by atoms with Crippen molar-refractivity contribution < 1.29 is 23.8 Å². The maximum atomic E-state index is 12.6. The molecule has 0 N–H and O–H groups in total. The highest BCUT2D eigenvalue weighted by Crippen LogP contribution is 2.26. The van der Waals surface area contributed by atoms with E-state index in [1.807, 2.05) is 52.8 Å². The van der Waals surface area contributed by atoms with Gasteiger partial charge in [-0.25, -0.2) is 4.98 Å². The van der Waals surface area contributed by atoms with Crippen LogP contribution in [0.5, 0.6) is 5.19 Å². The molecule has 0 spiro atoms. The van der Waals surface area contributed by atoms with Crippen LogP contribution >= 0.6 is 11.3 Å². The van der Waals surface area contributed by atoms with Gasteiger partial charge in [-0.2, -0.15) is 0 Å². The van der Waals surface area contributed by atoms with E-state index in [0.717, 1.165) is 62.0 Å². The van der Waals surface area contributed by atoms with Crippen molar-refractivity contribution in [2.75, 3.05) is 46.4 Å². The topological polar surface area (TPSA) is 81.2 Å². The molecule has 1 aliphatic carbocycles. The molecule has 8 nitrogen and oxygen atoms in total. The quantitative estimate of drug-likeness (QED) is 0.175. The van der Waals surface area contributed by atoms with Gasteiger partial charge in [0.05, 0.1) is 12.3 Å². The Kier molecular flexibility index (Phi) is 21.7. The molecule has 0 saturated carbocycles. The number of aromatic nitrogens is 1. The minimum absolute atomic E-state index is 0.000764. The van der Waals surface area contributed by atoms with Crippen molar-refractivity contribution in [1.29, 1.82) is 0 Å². The molecule has 236 valence electrons. The van der Waals surface area contributed by atoms with E-state index in [2.05, 4.69) is 41.8 Å². The number of hydrogen-bond acceptors (Lipinski definition) is 8. The van der Waals surface area contributed by atoms with E-state index in [4.69, 9.17) is 14.2 Å². The van der Waals surface area contributed by atoms with E-state index >= 15 is 0 Å². The van der Waals surface area contributed by atoms with Crippen molar-refractivity contribution in [2.45, 2.75) is 80.3 Å². The van der Waals surface area contributed by atoms with Crippen LogP contribution in [-0.4, -0.2) is 79.2 Å². The number of hydrogen-bond donors (Lipinski definition) is 0. The van der Waals surface area contributed by atoms with Gasteiger partial charge < -0.3 is 19.1 Å². The van der Waals surface area contributed by atoms with E-state index in [-0.39, 0.29) is 30.4 Å². The molecule has 1 aromatic heterocycles. The van der Waals surface area contributed by atoms with Gasteiger partial charge in [0.2, 0.25) is 5.91 Å². The number of ether oxygens (including phenoxy) is 3. The number of carbonyl (C=O) groups is 2. The second kappa shape index (κ2) is 23.5. The summed E-state index contributed by atoms with van der Waals surface area (Å²) >= 11 is 1.59. The number of terminal acetylenes is 1. The van der Waals surface area contributed by atoms with Gasteiger partial charge in [-0.15, -0.1) is 12.8 Å². The van der Waals surface area contributed by atoms with Gasteiger partial charge in [0.25, 0.3) is 5.19 Å². The van der Waals surface area contributed by atoms with Crippen LogP contribution in [-0.2, 0) is 19.1 Å². The first-order chi connectivity index (χ1) is 20.3. The Bertz CT molecular complexity index is 983. The normalized spacial score (nSPS) is 16.7. The number of esters is 1. The summed E-state index contributed by atoms with van der Waals surface area (Å²) in [6, 6.07) is 0. The zero-order valence-corrected chi connectivity index (χ0v) is 27.9. The van der Waals surface area contributed by atoms with E-state index < -0.39 is 0 Å². The Morgan fingerprint density at radius 1 is 1.14 bits per heavy atom. The lowest BCUT2D eigenvalue weighted by Gasteiger charge is -2.32. The minimum atomic E-state index is -0.360. The van der Waals surface area contributed by atoms with Crippen molar-refractivity contribution in [3.63, 3.8) is 0 Å². The molecule has 9 heteroatoms. The van der Waals surface area contributed by atoms with E-state index in [9.17, 15) is 9.59 Å². The minimum Gasteiger partial charge on any atom is -0.493 e. The zero-order chi connectivity index (χ0) is 31.9. The fourth-order valence-corrected chi connectivity index (χ4v) is 4.88. The molecule has 1 aliphatic heterocycles. The number of carbonyl (C=O) groups excluding carboxylic acids is 2. The monoisotopic (exact) mass is 603 g/mol. The number of rotatable bonds is 10. The molecule has 2 heterocycles. The largest absolute Gasteiger partial charge is 0.493 e. The summed E-state index contributed by atoms with van der Waals surface area (Å²) in [6.45, 7) is 17.3. The van der Waals surface area contributed by atoms with Gasteiger partial charge in [0, 0.05) is 24.4 Å². The molecule has 0 radical (unpaired) electrons. The van der Waals surface area contributed by atoms with Crippen LogP contribution in [0.2, 0.25) is 0 Å². The Labute approximate surface area is 258 Å². The molecule has 1 fully saturated rings. The molecule has 3 rings (SSSR count). The summed E-state index contributed by atoms with van der Waals surface area (Å²) in [5.41, 5.74) is 1.02. The Morgan fingerprint density at radius 3 is 2.33 bits per heavy atom. The number of aryl methyl sites for hydroxylation is 2. The fourth-order valence-electron chi connectivity index (χ4n) is 4.07. The number of likely N-dealkylation sites (tertiary alicyclic amines) is 1. The van der Waals surface area contributed by atoms with E-state index in [0.29, 0.717) is 13.2 Å². The van der Waals surface area contributed by atoms with Gasteiger partial charge in [-0.05, 0) is 91.6 Å². The zero-order valence-electron chi connectivity index (χ0n) is 27.1. The summed E-state index contributed by atoms with van der Waals surface area (Å²) in [6.07, 6.45) is 21.5. The van der Waals surface area contributed by atoms with Crippen LogP contribution in [0.3, 0.4) is 0 Å². The number of allylic oxidation sites excluding steroid dienone is 4. The molecule has 1 amide bonds. The molecule has 0 bridgehead atoms. The third kappa shape index (κ3) is 15.2. The van der Waals surface area contributed by atoms with Gasteiger partial charge in [0.15, 0.2) is 0 Å². The van der Waals surface area contributed by atoms with Crippen molar-refractivity contribution >= 4 is 23.2 Å². The van der Waals surface area contributed by atoms with Crippen LogP contribution < -0.4 is 4.74 Å². The van der Waals surface area contributed by atoms with Crippen molar-refractivity contribution in [3.05, 3.63) is 46.7 Å². The van der Waals surface area contributed by atoms with E-state index in [1.165, 1.54) is 9.78 Å². The summed E-state index contributed by atoms with van der Waals surface area (Å²) in [7, 11) is 1.67. The Hall–Kier alpha value is -3.09. The molecule has 42 heavy (non-hydrogen) atoms. The maximum Gasteiger partial charge on any atom is 0.325 e. The third-order valence-corrected chi connectivity index (χ3v) is 7.49. The first-order valence-corrected chi connectivity index (χ1v) is 15.7. The van der Waals surface area contributed by atoms with Crippen LogP contribution in [0.25, 0.3) is 0 Å². The molecule has 2 aliphatic rings. The van der Waals surface area contributed by atoms with Crippen LogP contribution in [0, 0.1) is 32.6 Å². The van der Waals surface area contributed by atoms with E-state index in [1.54, 1.807) is 25.3 Å². The van der Waals surface area contributed by atoms with Crippen molar-refractivity contribution in [3.8, 4) is 18.0 Å². The lowest BCUT2D eigenvalue weighted by molar-refractivity contribution is -0.149. The average molecular weight is 604 g/mol. The highest BCUT2D eigenvalue weighted by molar-refractivity contribution is 7.13. The van der Waals surface area contributed by atoms with Crippen LogP contribution in [0.15, 0.2) is 36.1 Å². The lowest BCUT2D eigenvalue weighted by atomic mass is 9.95. The molecule has 0 aromatic carbocycles. The molecule has 1 aromatic rings. The van der Waals surface area contributed by atoms with Gasteiger partial charge in [-0.1, -0.05) is 37.3 Å². The molecular weight excluding hydrogens is 550 g/mol. The molecule has 1 saturated heterocycles. The van der Waals surface area contributed by atoms with Crippen molar-refractivity contribution in [1.82, 2.24) is 14.8 Å². The van der Waals surface area contributed by atoms with Gasteiger partial charge in [0.1, 0.15) is 25.0 Å². The Morgan fingerprint density at radius 2 is 1.79 bits per heavy atom. The second-order valence-electron chi connectivity index (χ2n) is 9.45. The lowest BCUT2D eigenvalue weighted by Crippen LogP contribution is -2.43. The average Bonchev–Trinajstić information content (AvgIpc) is 3.17. The number of likely N-dealkylation sites (N-methyl/N-ethyl adjacent to an activating group) is 1. The maximum absolute atomic E-state index is 12.6. The molecule has 1 atom stereocenters. The molecular formula is C33H53N3O5S. The number of piperidine rings is 1.